The van der Waals surface area contributed by atoms with Gasteiger partial charge in [0.1, 0.15) is 12.5 Å². The molecule has 4 unspecified atom stereocenters. The van der Waals surface area contributed by atoms with E-state index in [1.807, 2.05) is 0 Å². The van der Waals surface area contributed by atoms with E-state index in [1.165, 1.54) is 0 Å². The van der Waals surface area contributed by atoms with Gasteiger partial charge in [0.25, 0.3) is 0 Å². The van der Waals surface area contributed by atoms with Crippen molar-refractivity contribution < 1.29 is 10.2 Å². The molecule has 2 N–H and O–H groups in total. The Balaban J connectivity index is 1.76. The lowest BCUT2D eigenvalue weighted by atomic mass is 10.0. The molecule has 0 aromatic carbocycles. The zero-order valence-electron chi connectivity index (χ0n) is 17.8. The smallest absolute Gasteiger partial charge is 0.120 e. The lowest BCUT2D eigenvalue weighted by Crippen LogP contribution is -2.58. The molecular weight excluding hydrogens is 328 g/mol. The predicted octanol–water partition coefficient (Wildman–Crippen LogP) is 1.23. The monoisotopic (exact) mass is 370 g/mol. The first-order chi connectivity index (χ1) is 12.2. The Labute approximate surface area is 160 Å². The minimum absolute atomic E-state index is 0.352. The molecule has 2 fully saturated rings. The average Bonchev–Trinajstić information content (AvgIpc) is 2.58. The molecule has 6 heteroatoms. The van der Waals surface area contributed by atoms with Crippen LogP contribution in [0.2, 0.25) is 0 Å². The Morgan fingerprint density at radius 3 is 1.69 bits per heavy atom. The molecule has 2 saturated heterocycles. The average molecular weight is 371 g/mol. The number of piperazine rings is 2. The number of hydrogen-bond acceptors (Lipinski definition) is 6. The number of nitrogens with zero attached hydrogens (tertiary/aromatic N) is 4. The number of aliphatic hydroxyl groups is 2. The van der Waals surface area contributed by atoms with Crippen LogP contribution in [0.1, 0.15) is 54.4 Å². The van der Waals surface area contributed by atoms with Gasteiger partial charge in [-0.15, -0.1) is 0 Å². The van der Waals surface area contributed by atoms with E-state index in [9.17, 15) is 10.2 Å². The highest BCUT2D eigenvalue weighted by molar-refractivity contribution is 4.84. The van der Waals surface area contributed by atoms with Crippen LogP contribution in [0.4, 0.5) is 0 Å². The largest absolute Gasteiger partial charge is 0.377 e. The fourth-order valence-corrected chi connectivity index (χ4v) is 4.41. The summed E-state index contributed by atoms with van der Waals surface area (Å²) >= 11 is 0. The molecular formula is C20H42N4O2. The van der Waals surface area contributed by atoms with Crippen LogP contribution < -0.4 is 0 Å². The van der Waals surface area contributed by atoms with Crippen LogP contribution in [0.25, 0.3) is 0 Å². The first-order valence-corrected chi connectivity index (χ1v) is 10.6. The summed E-state index contributed by atoms with van der Waals surface area (Å²) in [4.78, 5) is 9.21. The van der Waals surface area contributed by atoms with Crippen molar-refractivity contribution in [3.05, 3.63) is 0 Å². The summed E-state index contributed by atoms with van der Waals surface area (Å²) in [6, 6.07) is 1.76. The highest BCUT2D eigenvalue weighted by Gasteiger charge is 2.31. The third-order valence-corrected chi connectivity index (χ3v) is 6.44. The molecule has 154 valence electrons. The maximum Gasteiger partial charge on any atom is 0.120 e. The number of aliphatic hydroxyl groups excluding tert-OH is 2. The maximum atomic E-state index is 10.5. The molecule has 0 amide bonds. The SMILES string of the molecule is CC(C)N1CCN(C(C)CCC(C)N2CCN(C(C)C)C(O)C2)C(O)C1. The van der Waals surface area contributed by atoms with Gasteiger partial charge < -0.3 is 10.2 Å². The van der Waals surface area contributed by atoms with Crippen molar-refractivity contribution in [2.75, 3.05) is 39.3 Å². The minimum Gasteiger partial charge on any atom is -0.377 e. The molecule has 2 aliphatic heterocycles. The van der Waals surface area contributed by atoms with Crippen molar-refractivity contribution in [2.45, 2.75) is 91.0 Å². The van der Waals surface area contributed by atoms with E-state index < -0.39 is 0 Å². The summed E-state index contributed by atoms with van der Waals surface area (Å²) in [6.45, 7) is 18.6. The second-order valence-corrected chi connectivity index (χ2v) is 8.89. The van der Waals surface area contributed by atoms with E-state index in [1.54, 1.807) is 0 Å². The minimum atomic E-state index is -0.354. The first-order valence-electron chi connectivity index (χ1n) is 10.6. The van der Waals surface area contributed by atoms with Crippen molar-refractivity contribution >= 4 is 0 Å². The Morgan fingerprint density at radius 2 is 1.15 bits per heavy atom. The predicted molar refractivity (Wildman–Crippen MR) is 107 cm³/mol. The van der Waals surface area contributed by atoms with Gasteiger partial charge >= 0.3 is 0 Å². The van der Waals surface area contributed by atoms with Crippen LogP contribution in [0.15, 0.2) is 0 Å². The van der Waals surface area contributed by atoms with Crippen molar-refractivity contribution in [1.82, 2.24) is 19.6 Å². The quantitative estimate of drug-likeness (QED) is 0.703. The zero-order chi connectivity index (χ0) is 19.4. The highest BCUT2D eigenvalue weighted by Crippen LogP contribution is 2.20. The molecule has 2 aliphatic rings. The molecule has 0 aromatic heterocycles. The molecule has 0 aromatic rings. The molecule has 6 nitrogen and oxygen atoms in total. The zero-order valence-corrected chi connectivity index (χ0v) is 17.8. The van der Waals surface area contributed by atoms with Gasteiger partial charge in [0.2, 0.25) is 0 Å². The molecule has 2 rings (SSSR count). The Bertz CT molecular complexity index is 421. The standard InChI is InChI=1S/C20H42N4O2/c1-15(2)21-9-12-24(20(26)13-21)18(6)8-7-17(5)22-10-11-23(16(3)4)19(25)14-22/h15-20,25-26H,7-14H2,1-6H3. The Morgan fingerprint density at radius 1 is 0.654 bits per heavy atom. The molecule has 26 heavy (non-hydrogen) atoms. The fraction of sp³-hybridized carbons (Fsp3) is 1.00. The third-order valence-electron chi connectivity index (χ3n) is 6.44. The van der Waals surface area contributed by atoms with Gasteiger partial charge in [0.05, 0.1) is 0 Å². The van der Waals surface area contributed by atoms with Crippen LogP contribution in [0, 0.1) is 0 Å². The lowest BCUT2D eigenvalue weighted by Gasteiger charge is -2.45. The molecule has 0 radical (unpaired) electrons. The summed E-state index contributed by atoms with van der Waals surface area (Å²) in [7, 11) is 0. The molecule has 2 heterocycles. The summed E-state index contributed by atoms with van der Waals surface area (Å²) in [6.07, 6.45) is 1.48. The summed E-state index contributed by atoms with van der Waals surface area (Å²) < 4.78 is 0. The summed E-state index contributed by atoms with van der Waals surface area (Å²) in [5, 5.41) is 20.9. The second-order valence-electron chi connectivity index (χ2n) is 8.89. The lowest BCUT2D eigenvalue weighted by molar-refractivity contribution is -0.0885. The molecule has 0 spiro atoms. The van der Waals surface area contributed by atoms with Crippen molar-refractivity contribution in [1.29, 1.82) is 0 Å². The van der Waals surface area contributed by atoms with Crippen molar-refractivity contribution in [3.8, 4) is 0 Å². The van der Waals surface area contributed by atoms with Crippen LogP contribution in [0.5, 0.6) is 0 Å². The van der Waals surface area contributed by atoms with Crippen LogP contribution in [-0.4, -0.2) is 106 Å². The number of rotatable bonds is 7. The highest BCUT2D eigenvalue weighted by atomic mass is 16.3. The number of β-amino-alcohol motifs (C(OH)–C–C–N with tert-alkyl or cyclic N) is 2. The molecule has 4 atom stereocenters. The summed E-state index contributed by atoms with van der Waals surface area (Å²) in [5.74, 6) is 0. The molecule has 0 aliphatic carbocycles. The topological polar surface area (TPSA) is 53.4 Å². The maximum absolute atomic E-state index is 10.5. The second kappa shape index (κ2) is 9.80. The number of hydrogen-bond donors (Lipinski definition) is 2. The van der Waals surface area contributed by atoms with E-state index in [0.29, 0.717) is 24.2 Å². The van der Waals surface area contributed by atoms with Gasteiger partial charge in [0, 0.05) is 63.4 Å². The van der Waals surface area contributed by atoms with Gasteiger partial charge in [-0.05, 0) is 54.4 Å². The van der Waals surface area contributed by atoms with Crippen molar-refractivity contribution in [2.24, 2.45) is 0 Å². The van der Waals surface area contributed by atoms with Crippen LogP contribution in [0.3, 0.4) is 0 Å². The Kier molecular flexibility index (Phi) is 8.32. The van der Waals surface area contributed by atoms with Gasteiger partial charge in [-0.2, -0.15) is 0 Å². The van der Waals surface area contributed by atoms with E-state index in [2.05, 4.69) is 61.1 Å². The van der Waals surface area contributed by atoms with Crippen molar-refractivity contribution in [3.63, 3.8) is 0 Å². The van der Waals surface area contributed by atoms with Gasteiger partial charge in [0.15, 0.2) is 0 Å². The van der Waals surface area contributed by atoms with Crippen LogP contribution in [-0.2, 0) is 0 Å². The normalized spacial score (nSPS) is 30.2. The van der Waals surface area contributed by atoms with E-state index in [0.717, 1.165) is 52.1 Å². The van der Waals surface area contributed by atoms with E-state index >= 15 is 0 Å². The molecule has 0 saturated carbocycles. The van der Waals surface area contributed by atoms with Crippen LogP contribution >= 0.6 is 0 Å². The first kappa shape index (κ1) is 22.1. The fourth-order valence-electron chi connectivity index (χ4n) is 4.41. The van der Waals surface area contributed by atoms with E-state index in [4.69, 9.17) is 0 Å². The third kappa shape index (κ3) is 5.63. The van der Waals surface area contributed by atoms with Gasteiger partial charge in [-0.3, -0.25) is 19.6 Å². The van der Waals surface area contributed by atoms with Gasteiger partial charge in [-0.25, -0.2) is 0 Å². The van der Waals surface area contributed by atoms with E-state index in [-0.39, 0.29) is 12.5 Å². The van der Waals surface area contributed by atoms with Gasteiger partial charge in [-0.1, -0.05) is 0 Å². The Hall–Kier alpha value is -0.240. The molecule has 0 bridgehead atoms. The summed E-state index contributed by atoms with van der Waals surface area (Å²) in [5.41, 5.74) is 0.